The second-order valence-corrected chi connectivity index (χ2v) is 4.60. The summed E-state index contributed by atoms with van der Waals surface area (Å²) in [6.07, 6.45) is 0. The van der Waals surface area contributed by atoms with E-state index in [1.54, 1.807) is 6.92 Å². The van der Waals surface area contributed by atoms with Crippen LogP contribution in [-0.2, 0) is 14.3 Å². The maximum absolute atomic E-state index is 11.8. The Morgan fingerprint density at radius 1 is 1.33 bits per heavy atom. The van der Waals surface area contributed by atoms with Crippen LogP contribution in [-0.4, -0.2) is 48.1 Å². The molecule has 0 atom stereocenters. The molecule has 0 fully saturated rings. The molecular weight excluding hydrogens is 274 g/mol. The molecule has 21 heavy (non-hydrogen) atoms. The smallest absolute Gasteiger partial charge is 0.342 e. The number of hydrogen-bond acceptors (Lipinski definition) is 5. The second-order valence-electron chi connectivity index (χ2n) is 4.60. The Labute approximate surface area is 123 Å². The summed E-state index contributed by atoms with van der Waals surface area (Å²) in [6.45, 7) is 9.81. The Morgan fingerprint density at radius 3 is 2.62 bits per heavy atom. The molecule has 0 saturated carbocycles. The van der Waals surface area contributed by atoms with Crippen LogP contribution in [0, 0.1) is 13.8 Å². The van der Waals surface area contributed by atoms with Crippen molar-refractivity contribution in [3.8, 4) is 0 Å². The Morgan fingerprint density at radius 2 is 2.05 bits per heavy atom. The largest absolute Gasteiger partial charge is 0.460 e. The Hall–Kier alpha value is -2.15. The van der Waals surface area contributed by atoms with Crippen molar-refractivity contribution in [3.05, 3.63) is 29.6 Å². The topological polar surface area (TPSA) is 82.5 Å². The van der Waals surface area contributed by atoms with Gasteiger partial charge in [0.05, 0.1) is 18.9 Å². The van der Waals surface area contributed by atoms with Crippen molar-refractivity contribution in [2.75, 3.05) is 26.4 Å². The lowest BCUT2D eigenvalue weighted by Crippen LogP contribution is -2.33. The minimum absolute atomic E-state index is 0.164. The molecule has 0 spiro atoms. The summed E-state index contributed by atoms with van der Waals surface area (Å²) in [5, 5.41) is 6.76. The van der Waals surface area contributed by atoms with E-state index in [1.165, 1.54) is 4.68 Å². The number of esters is 1. The molecule has 1 aromatic rings. The van der Waals surface area contributed by atoms with Gasteiger partial charge < -0.3 is 14.8 Å². The molecule has 116 valence electrons. The molecule has 1 rings (SSSR count). The van der Waals surface area contributed by atoms with E-state index >= 15 is 0 Å². The normalized spacial score (nSPS) is 10.2. The summed E-state index contributed by atoms with van der Waals surface area (Å²) >= 11 is 0. The molecule has 0 bridgehead atoms. The molecule has 1 amide bonds. The number of ether oxygens (including phenoxy) is 2. The number of nitrogens with one attached hydrogen (secondary N) is 1. The molecule has 1 N–H and O–H groups in total. The van der Waals surface area contributed by atoms with E-state index < -0.39 is 5.97 Å². The van der Waals surface area contributed by atoms with Crippen molar-refractivity contribution in [1.29, 1.82) is 0 Å². The molecule has 0 saturated heterocycles. The molecule has 0 aliphatic carbocycles. The van der Waals surface area contributed by atoms with Crippen LogP contribution in [0.2, 0.25) is 0 Å². The maximum Gasteiger partial charge on any atom is 0.342 e. The van der Waals surface area contributed by atoms with Gasteiger partial charge >= 0.3 is 12.0 Å². The van der Waals surface area contributed by atoms with Crippen molar-refractivity contribution >= 4 is 12.0 Å². The standard InChI is InChI=1S/C14H21N3O4/c1-10(2)13(18)21-8-7-20-6-5-15-14(19)17-12(4)9-11(3)16-17/h9H,1,5-8H2,2-4H3,(H,15,19). The zero-order valence-corrected chi connectivity index (χ0v) is 12.6. The fourth-order valence-corrected chi connectivity index (χ4v) is 1.56. The summed E-state index contributed by atoms with van der Waals surface area (Å²) in [6, 6.07) is 1.53. The first kappa shape index (κ1) is 16.9. The van der Waals surface area contributed by atoms with Crippen LogP contribution in [0.5, 0.6) is 0 Å². The van der Waals surface area contributed by atoms with Gasteiger partial charge in [0.1, 0.15) is 6.61 Å². The van der Waals surface area contributed by atoms with Gasteiger partial charge in [0.25, 0.3) is 0 Å². The van der Waals surface area contributed by atoms with Gasteiger partial charge in [-0.05, 0) is 26.8 Å². The predicted molar refractivity (Wildman–Crippen MR) is 77.1 cm³/mol. The van der Waals surface area contributed by atoms with E-state index in [0.717, 1.165) is 11.4 Å². The van der Waals surface area contributed by atoms with E-state index in [1.807, 2.05) is 19.9 Å². The highest BCUT2D eigenvalue weighted by Gasteiger charge is 2.08. The summed E-state index contributed by atoms with van der Waals surface area (Å²) in [5.41, 5.74) is 1.92. The molecule has 0 radical (unpaired) electrons. The molecule has 7 nitrogen and oxygen atoms in total. The summed E-state index contributed by atoms with van der Waals surface area (Å²) < 4.78 is 11.4. The zero-order valence-electron chi connectivity index (χ0n) is 12.6. The molecular formula is C14H21N3O4. The molecule has 0 aliphatic rings. The highest BCUT2D eigenvalue weighted by atomic mass is 16.6. The Balaban J connectivity index is 2.12. The first-order chi connectivity index (χ1) is 9.91. The number of hydrogen-bond donors (Lipinski definition) is 1. The average Bonchev–Trinajstić information content (AvgIpc) is 2.76. The van der Waals surface area contributed by atoms with Crippen LogP contribution in [0.3, 0.4) is 0 Å². The quantitative estimate of drug-likeness (QED) is 0.464. The number of aromatic nitrogens is 2. The number of carbonyl (C=O) groups excluding carboxylic acids is 2. The molecule has 1 aromatic heterocycles. The summed E-state index contributed by atoms with van der Waals surface area (Å²) in [4.78, 5) is 22.9. The van der Waals surface area contributed by atoms with Crippen LogP contribution in [0.4, 0.5) is 4.79 Å². The lowest BCUT2D eigenvalue weighted by atomic mass is 10.4. The fourth-order valence-electron chi connectivity index (χ4n) is 1.56. The van der Waals surface area contributed by atoms with Crippen molar-refractivity contribution in [1.82, 2.24) is 15.1 Å². The van der Waals surface area contributed by atoms with Gasteiger partial charge in [-0.1, -0.05) is 6.58 Å². The van der Waals surface area contributed by atoms with Crippen molar-refractivity contribution in [3.63, 3.8) is 0 Å². The van der Waals surface area contributed by atoms with Crippen LogP contribution in [0.25, 0.3) is 0 Å². The van der Waals surface area contributed by atoms with Crippen molar-refractivity contribution < 1.29 is 19.1 Å². The van der Waals surface area contributed by atoms with Gasteiger partial charge in [-0.3, -0.25) is 0 Å². The fraction of sp³-hybridized carbons (Fsp3) is 0.500. The van der Waals surface area contributed by atoms with Crippen LogP contribution < -0.4 is 5.32 Å². The molecule has 7 heteroatoms. The SMILES string of the molecule is C=C(C)C(=O)OCCOCCNC(=O)n1nc(C)cc1C. The van der Waals surface area contributed by atoms with Gasteiger partial charge in [-0.25, -0.2) is 9.59 Å². The summed E-state index contributed by atoms with van der Waals surface area (Å²) in [5.74, 6) is -0.434. The second kappa shape index (κ2) is 8.21. The van der Waals surface area contributed by atoms with E-state index in [4.69, 9.17) is 9.47 Å². The molecule has 1 heterocycles. The molecule has 0 aliphatic heterocycles. The van der Waals surface area contributed by atoms with E-state index in [2.05, 4.69) is 17.0 Å². The predicted octanol–water partition coefficient (Wildman–Crippen LogP) is 1.19. The number of nitrogens with zero attached hydrogens (tertiary/aromatic N) is 2. The lowest BCUT2D eigenvalue weighted by Gasteiger charge is -2.08. The summed E-state index contributed by atoms with van der Waals surface area (Å²) in [7, 11) is 0. The van der Waals surface area contributed by atoms with Crippen molar-refractivity contribution in [2.24, 2.45) is 0 Å². The van der Waals surface area contributed by atoms with Gasteiger partial charge in [-0.15, -0.1) is 0 Å². The van der Waals surface area contributed by atoms with E-state index in [-0.39, 0.29) is 19.2 Å². The number of carbonyl (C=O) groups is 2. The molecule has 0 aromatic carbocycles. The monoisotopic (exact) mass is 295 g/mol. The minimum Gasteiger partial charge on any atom is -0.460 e. The van der Waals surface area contributed by atoms with Crippen molar-refractivity contribution in [2.45, 2.75) is 20.8 Å². The highest BCUT2D eigenvalue weighted by molar-refractivity contribution is 5.86. The van der Waals surface area contributed by atoms with Gasteiger partial charge in [0.2, 0.25) is 0 Å². The first-order valence-corrected chi connectivity index (χ1v) is 6.63. The number of rotatable bonds is 7. The van der Waals surface area contributed by atoms with Gasteiger partial charge in [0.15, 0.2) is 0 Å². The van der Waals surface area contributed by atoms with Crippen LogP contribution in [0.15, 0.2) is 18.2 Å². The zero-order chi connectivity index (χ0) is 15.8. The first-order valence-electron chi connectivity index (χ1n) is 6.63. The third-order valence-electron chi connectivity index (χ3n) is 2.53. The number of amides is 1. The third kappa shape index (κ3) is 5.78. The van der Waals surface area contributed by atoms with Gasteiger partial charge in [0, 0.05) is 17.8 Å². The van der Waals surface area contributed by atoms with Gasteiger partial charge in [-0.2, -0.15) is 9.78 Å². The number of aryl methyl sites for hydroxylation is 2. The molecule has 0 unspecified atom stereocenters. The van der Waals surface area contributed by atoms with Crippen LogP contribution in [0.1, 0.15) is 18.3 Å². The Bertz CT molecular complexity index is 522. The van der Waals surface area contributed by atoms with E-state index in [0.29, 0.717) is 18.7 Å². The Kier molecular flexibility index (Phi) is 6.61. The highest BCUT2D eigenvalue weighted by Crippen LogP contribution is 2.00. The van der Waals surface area contributed by atoms with E-state index in [9.17, 15) is 9.59 Å². The van der Waals surface area contributed by atoms with Crippen LogP contribution >= 0.6 is 0 Å². The third-order valence-corrected chi connectivity index (χ3v) is 2.53. The minimum atomic E-state index is -0.434. The average molecular weight is 295 g/mol. The maximum atomic E-state index is 11.8. The lowest BCUT2D eigenvalue weighted by molar-refractivity contribution is -0.140.